The molecule has 0 aliphatic rings. The highest BCUT2D eigenvalue weighted by molar-refractivity contribution is 14.0. The second kappa shape index (κ2) is 12.4. The fraction of sp³-hybridized carbons (Fsp3) is 0.389. The van der Waals surface area contributed by atoms with Gasteiger partial charge in [0.05, 0.1) is 0 Å². The lowest BCUT2D eigenvalue weighted by Crippen LogP contribution is -2.41. The molecule has 0 saturated carbocycles. The number of benzene rings is 1. The number of rotatable bonds is 9. The van der Waals surface area contributed by atoms with Crippen molar-refractivity contribution in [1.29, 1.82) is 0 Å². The molecule has 1 aromatic heterocycles. The first-order valence-corrected chi connectivity index (χ1v) is 11.1. The Morgan fingerprint density at radius 1 is 1.17 bits per heavy atom. The average molecular weight is 574 g/mol. The summed E-state index contributed by atoms with van der Waals surface area (Å²) in [7, 11) is -1.98. The molecule has 0 spiro atoms. The van der Waals surface area contributed by atoms with Gasteiger partial charge in [0.2, 0.25) is 10.0 Å². The minimum absolute atomic E-state index is 0. The lowest BCUT2D eigenvalue weighted by molar-refractivity contribution is -0.0504. The van der Waals surface area contributed by atoms with Crippen molar-refractivity contribution in [2.24, 2.45) is 4.99 Å². The quantitative estimate of drug-likeness (QED) is 0.185. The van der Waals surface area contributed by atoms with E-state index in [0.29, 0.717) is 11.5 Å². The Labute approximate surface area is 196 Å². The van der Waals surface area contributed by atoms with Crippen molar-refractivity contribution >= 4 is 51.3 Å². The predicted molar refractivity (Wildman–Crippen MR) is 126 cm³/mol. The number of sulfonamides is 1. The van der Waals surface area contributed by atoms with Crippen molar-refractivity contribution in [2.45, 2.75) is 31.2 Å². The van der Waals surface area contributed by atoms with Crippen LogP contribution in [0.1, 0.15) is 16.0 Å². The molecule has 1 heterocycles. The van der Waals surface area contributed by atoms with Crippen LogP contribution >= 0.6 is 35.3 Å². The van der Waals surface area contributed by atoms with Crippen LogP contribution in [0.4, 0.5) is 8.78 Å². The number of nitrogens with zero attached hydrogens (tertiary/aromatic N) is 1. The van der Waals surface area contributed by atoms with Crippen LogP contribution in [0.3, 0.4) is 0 Å². The molecule has 0 atom stereocenters. The third-order valence-electron chi connectivity index (χ3n) is 3.79. The van der Waals surface area contributed by atoms with Crippen LogP contribution in [-0.2, 0) is 16.6 Å². The van der Waals surface area contributed by atoms with Crippen molar-refractivity contribution in [1.82, 2.24) is 15.4 Å². The molecule has 0 unspecified atom stereocenters. The summed E-state index contributed by atoms with van der Waals surface area (Å²) in [6.45, 7) is 1.44. The lowest BCUT2D eigenvalue weighted by Gasteiger charge is -2.15. The fourth-order valence-electron chi connectivity index (χ4n) is 2.45. The smallest absolute Gasteiger partial charge is 0.387 e. The van der Waals surface area contributed by atoms with E-state index in [9.17, 15) is 17.2 Å². The Hall–Kier alpha value is -1.51. The van der Waals surface area contributed by atoms with E-state index < -0.39 is 16.6 Å². The number of hydrogen-bond donors (Lipinski definition) is 3. The standard InChI is InChI=1S/C18H24F2N4O3S2.HI/c1-12-4-6-15(27-17(19)20)14(10-12)11-23-18(21-3)22-8-9-24-29(25,26)16-7-5-13(2)28-16;/h4-7,10,17,24H,8-9,11H2,1-3H3,(H2,21,22,23);1H. The topological polar surface area (TPSA) is 91.8 Å². The van der Waals surface area contributed by atoms with Gasteiger partial charge in [-0.25, -0.2) is 13.1 Å². The van der Waals surface area contributed by atoms with Crippen molar-refractivity contribution in [3.63, 3.8) is 0 Å². The zero-order valence-electron chi connectivity index (χ0n) is 16.7. The van der Waals surface area contributed by atoms with Gasteiger partial charge in [0.25, 0.3) is 0 Å². The number of nitrogens with one attached hydrogen (secondary N) is 3. The van der Waals surface area contributed by atoms with Crippen molar-refractivity contribution in [3.8, 4) is 5.75 Å². The third kappa shape index (κ3) is 8.32. The molecule has 1 aromatic carbocycles. The molecule has 3 N–H and O–H groups in total. The third-order valence-corrected chi connectivity index (χ3v) is 6.75. The normalized spacial score (nSPS) is 11.9. The van der Waals surface area contributed by atoms with Crippen LogP contribution in [0.2, 0.25) is 0 Å². The molecule has 0 aliphatic heterocycles. The molecule has 0 bridgehead atoms. The molecule has 7 nitrogen and oxygen atoms in total. The number of guanidine groups is 1. The summed E-state index contributed by atoms with van der Waals surface area (Å²) >= 11 is 1.20. The number of aryl methyl sites for hydroxylation is 2. The molecule has 30 heavy (non-hydrogen) atoms. The summed E-state index contributed by atoms with van der Waals surface area (Å²) in [5.74, 6) is 0.494. The number of halogens is 3. The second-order valence-corrected chi connectivity index (χ2v) is 9.39. The van der Waals surface area contributed by atoms with E-state index in [-0.39, 0.29) is 53.6 Å². The molecule has 0 fully saturated rings. The molecular formula is C18H25F2IN4O3S2. The van der Waals surface area contributed by atoms with Gasteiger partial charge in [0.1, 0.15) is 9.96 Å². The van der Waals surface area contributed by atoms with Gasteiger partial charge in [-0.1, -0.05) is 17.7 Å². The molecule has 2 rings (SSSR count). The van der Waals surface area contributed by atoms with E-state index in [0.717, 1.165) is 10.4 Å². The molecule has 0 saturated heterocycles. The van der Waals surface area contributed by atoms with Crippen molar-refractivity contribution in [2.75, 3.05) is 20.1 Å². The minimum atomic E-state index is -3.54. The Balaban J connectivity index is 0.00000450. The highest BCUT2D eigenvalue weighted by Gasteiger charge is 2.15. The lowest BCUT2D eigenvalue weighted by atomic mass is 10.1. The highest BCUT2D eigenvalue weighted by atomic mass is 127. The Bertz CT molecular complexity index is 953. The van der Waals surface area contributed by atoms with Gasteiger partial charge in [-0.15, -0.1) is 35.3 Å². The summed E-state index contributed by atoms with van der Waals surface area (Å²) in [6.07, 6.45) is 0. The minimum Gasteiger partial charge on any atom is -0.434 e. The van der Waals surface area contributed by atoms with Gasteiger partial charge in [0, 0.05) is 37.1 Å². The maximum absolute atomic E-state index is 12.6. The first kappa shape index (κ1) is 26.5. The van der Waals surface area contributed by atoms with Gasteiger partial charge in [-0.2, -0.15) is 8.78 Å². The molecule has 12 heteroatoms. The molecule has 2 aromatic rings. The second-order valence-electron chi connectivity index (χ2n) is 6.11. The molecule has 0 aliphatic carbocycles. The fourth-order valence-corrected chi connectivity index (χ4v) is 4.81. The Kier molecular flexibility index (Phi) is 10.9. The van der Waals surface area contributed by atoms with E-state index in [1.165, 1.54) is 17.4 Å². The number of thiophene rings is 1. The van der Waals surface area contributed by atoms with Crippen LogP contribution in [0, 0.1) is 13.8 Å². The summed E-state index contributed by atoms with van der Waals surface area (Å²) in [6, 6.07) is 8.25. The molecule has 0 amide bonds. The maximum atomic E-state index is 12.6. The summed E-state index contributed by atoms with van der Waals surface area (Å²) in [4.78, 5) is 4.96. The zero-order valence-corrected chi connectivity index (χ0v) is 20.7. The van der Waals surface area contributed by atoms with Crippen LogP contribution < -0.4 is 20.1 Å². The largest absolute Gasteiger partial charge is 0.434 e. The Morgan fingerprint density at radius 3 is 2.50 bits per heavy atom. The first-order valence-electron chi connectivity index (χ1n) is 8.76. The van der Waals surface area contributed by atoms with Crippen molar-refractivity contribution < 1.29 is 21.9 Å². The van der Waals surface area contributed by atoms with Crippen LogP contribution in [0.25, 0.3) is 0 Å². The molecule has 0 radical (unpaired) electrons. The number of hydrogen-bond acceptors (Lipinski definition) is 5. The van der Waals surface area contributed by atoms with Gasteiger partial charge in [0.15, 0.2) is 5.96 Å². The summed E-state index contributed by atoms with van der Waals surface area (Å²) < 4.78 is 56.8. The molecular weight excluding hydrogens is 549 g/mol. The first-order chi connectivity index (χ1) is 13.7. The van der Waals surface area contributed by atoms with Crippen LogP contribution in [0.15, 0.2) is 39.5 Å². The van der Waals surface area contributed by atoms with Gasteiger partial charge >= 0.3 is 6.61 Å². The van der Waals surface area contributed by atoms with Gasteiger partial charge in [-0.3, -0.25) is 4.99 Å². The number of alkyl halides is 2. The maximum Gasteiger partial charge on any atom is 0.387 e. The van der Waals surface area contributed by atoms with Gasteiger partial charge < -0.3 is 15.4 Å². The van der Waals surface area contributed by atoms with Gasteiger partial charge in [-0.05, 0) is 32.0 Å². The zero-order chi connectivity index (χ0) is 21.4. The molecule has 168 valence electrons. The highest BCUT2D eigenvalue weighted by Crippen LogP contribution is 2.22. The monoisotopic (exact) mass is 574 g/mol. The predicted octanol–water partition coefficient (Wildman–Crippen LogP) is 3.23. The van der Waals surface area contributed by atoms with E-state index in [1.807, 2.05) is 13.8 Å². The van der Waals surface area contributed by atoms with E-state index in [1.54, 1.807) is 31.3 Å². The van der Waals surface area contributed by atoms with Crippen molar-refractivity contribution in [3.05, 3.63) is 46.3 Å². The van der Waals surface area contributed by atoms with E-state index >= 15 is 0 Å². The van der Waals surface area contributed by atoms with Crippen LogP contribution in [-0.4, -0.2) is 41.1 Å². The Morgan fingerprint density at radius 2 is 1.90 bits per heavy atom. The summed E-state index contributed by atoms with van der Waals surface area (Å²) in [5.41, 5.74) is 1.46. The number of ether oxygens (including phenoxy) is 1. The number of aliphatic imine (C=N–C) groups is 1. The van der Waals surface area contributed by atoms with Crippen LogP contribution in [0.5, 0.6) is 5.75 Å². The SMILES string of the molecule is CN=C(NCCNS(=O)(=O)c1ccc(C)s1)NCc1cc(C)ccc1OC(F)F.I. The van der Waals surface area contributed by atoms with E-state index in [4.69, 9.17) is 0 Å². The average Bonchev–Trinajstić information content (AvgIpc) is 3.10. The summed E-state index contributed by atoms with van der Waals surface area (Å²) in [5, 5.41) is 5.97. The van der Waals surface area contributed by atoms with E-state index in [2.05, 4.69) is 25.1 Å².